The summed E-state index contributed by atoms with van der Waals surface area (Å²) in [5.41, 5.74) is 0. The van der Waals surface area contributed by atoms with E-state index < -0.39 is 0 Å². The molecule has 0 saturated carbocycles. The molecule has 1 unspecified atom stereocenters. The second kappa shape index (κ2) is 5.91. The number of hydrogen-bond donors (Lipinski definition) is 0. The molecular weight excluding hydrogens is 194 g/mol. The van der Waals surface area contributed by atoms with Gasteiger partial charge in [-0.25, -0.2) is 4.98 Å². The van der Waals surface area contributed by atoms with Crippen LogP contribution < -0.4 is 0 Å². The Morgan fingerprint density at radius 2 is 2.43 bits per heavy atom. The van der Waals surface area contributed by atoms with E-state index in [0.717, 1.165) is 6.42 Å². The Hall–Kier alpha value is -0.700. The Labute approximate surface area is 89.4 Å². The molecule has 1 rings (SSSR count). The first kappa shape index (κ1) is 11.4. The summed E-state index contributed by atoms with van der Waals surface area (Å²) in [7, 11) is 0. The van der Waals surface area contributed by atoms with E-state index in [1.165, 1.54) is 24.2 Å². The number of hydrogen-bond acceptors (Lipinski definition) is 3. The molecule has 1 aromatic heterocycles. The van der Waals surface area contributed by atoms with E-state index in [2.05, 4.69) is 18.8 Å². The van der Waals surface area contributed by atoms with Crippen LogP contribution in [-0.2, 0) is 0 Å². The summed E-state index contributed by atoms with van der Waals surface area (Å²) in [6.07, 6.45) is 5.90. The first-order chi connectivity index (χ1) is 6.74. The summed E-state index contributed by atoms with van der Waals surface area (Å²) in [5.74, 6) is 0.690. The molecule has 0 radical (unpaired) electrons. The van der Waals surface area contributed by atoms with Crippen molar-refractivity contribution >= 4 is 17.1 Å². The third-order valence-electron chi connectivity index (χ3n) is 2.26. The Balaban J connectivity index is 2.34. The molecule has 0 N–H and O–H groups in total. The van der Waals surface area contributed by atoms with Gasteiger partial charge in [-0.15, -0.1) is 11.3 Å². The quantitative estimate of drug-likeness (QED) is 0.674. The lowest BCUT2D eigenvalue weighted by molar-refractivity contribution is 0.0962. The van der Waals surface area contributed by atoms with Gasteiger partial charge in [0.25, 0.3) is 0 Å². The van der Waals surface area contributed by atoms with E-state index in [4.69, 9.17) is 0 Å². The van der Waals surface area contributed by atoms with Crippen molar-refractivity contribution in [2.45, 2.75) is 39.5 Å². The van der Waals surface area contributed by atoms with Crippen molar-refractivity contribution in [3.8, 4) is 0 Å². The second-order valence-electron chi connectivity index (χ2n) is 3.71. The summed E-state index contributed by atoms with van der Waals surface area (Å²) in [6.45, 7) is 4.32. The lowest BCUT2D eigenvalue weighted by atomic mass is 9.99. The van der Waals surface area contributed by atoms with Crippen molar-refractivity contribution < 1.29 is 4.79 Å². The van der Waals surface area contributed by atoms with E-state index in [9.17, 15) is 4.79 Å². The molecule has 0 aliphatic rings. The zero-order valence-electron chi connectivity index (χ0n) is 8.82. The number of Topliss-reactive ketones (excluding diaryl/α,β-unsaturated/α-hetero) is 1. The van der Waals surface area contributed by atoms with Gasteiger partial charge in [-0.3, -0.25) is 4.79 Å². The zero-order chi connectivity index (χ0) is 10.4. The molecular formula is C11H17NOS. The first-order valence-electron chi connectivity index (χ1n) is 5.16. The topological polar surface area (TPSA) is 30.0 Å². The van der Waals surface area contributed by atoms with E-state index in [1.807, 2.05) is 5.38 Å². The van der Waals surface area contributed by atoms with Crippen LogP contribution >= 0.6 is 11.3 Å². The molecule has 0 amide bonds. The number of ketones is 1. The van der Waals surface area contributed by atoms with Crippen molar-refractivity contribution in [3.63, 3.8) is 0 Å². The van der Waals surface area contributed by atoms with Crippen molar-refractivity contribution in [3.05, 3.63) is 16.6 Å². The third kappa shape index (κ3) is 3.58. The number of aromatic nitrogens is 1. The molecule has 3 heteroatoms. The smallest absolute Gasteiger partial charge is 0.191 e. The van der Waals surface area contributed by atoms with Gasteiger partial charge in [0.05, 0.1) is 0 Å². The summed E-state index contributed by atoms with van der Waals surface area (Å²) in [4.78, 5) is 15.6. The molecule has 1 heterocycles. The number of carbonyl (C=O) groups is 1. The number of thiazole rings is 1. The number of rotatable bonds is 6. The van der Waals surface area contributed by atoms with Gasteiger partial charge in [0.1, 0.15) is 0 Å². The number of unbranched alkanes of at least 4 members (excludes halogenated alkanes) is 1. The minimum Gasteiger partial charge on any atom is -0.292 e. The van der Waals surface area contributed by atoms with Gasteiger partial charge in [0.15, 0.2) is 10.8 Å². The SMILES string of the molecule is CCCCC(C)CC(=O)c1nccs1. The van der Waals surface area contributed by atoms with Crippen LogP contribution in [0.2, 0.25) is 0 Å². The average molecular weight is 211 g/mol. The van der Waals surface area contributed by atoms with Gasteiger partial charge in [0, 0.05) is 18.0 Å². The Kier molecular flexibility index (Phi) is 4.80. The van der Waals surface area contributed by atoms with Crippen LogP contribution in [0.15, 0.2) is 11.6 Å². The average Bonchev–Trinajstić information content (AvgIpc) is 2.67. The van der Waals surface area contributed by atoms with Crippen LogP contribution in [0, 0.1) is 5.92 Å². The molecule has 1 atom stereocenters. The minimum absolute atomic E-state index is 0.198. The molecule has 0 fully saturated rings. The van der Waals surface area contributed by atoms with Crippen molar-refractivity contribution in [1.82, 2.24) is 4.98 Å². The van der Waals surface area contributed by atoms with Crippen molar-refractivity contribution in [2.75, 3.05) is 0 Å². The van der Waals surface area contributed by atoms with E-state index >= 15 is 0 Å². The van der Waals surface area contributed by atoms with Crippen LogP contribution in [0.4, 0.5) is 0 Å². The van der Waals surface area contributed by atoms with Crippen LogP contribution in [0.3, 0.4) is 0 Å². The predicted molar refractivity (Wildman–Crippen MR) is 59.8 cm³/mol. The number of nitrogens with zero attached hydrogens (tertiary/aromatic N) is 1. The summed E-state index contributed by atoms with van der Waals surface area (Å²) < 4.78 is 0. The van der Waals surface area contributed by atoms with Gasteiger partial charge < -0.3 is 0 Å². The largest absolute Gasteiger partial charge is 0.292 e. The van der Waals surface area contributed by atoms with Gasteiger partial charge >= 0.3 is 0 Å². The fourth-order valence-corrected chi connectivity index (χ4v) is 2.01. The fraction of sp³-hybridized carbons (Fsp3) is 0.636. The molecule has 0 aromatic carbocycles. The predicted octanol–water partition coefficient (Wildman–Crippen LogP) is 3.54. The van der Waals surface area contributed by atoms with Gasteiger partial charge in [-0.1, -0.05) is 33.1 Å². The molecule has 78 valence electrons. The molecule has 0 aliphatic heterocycles. The number of carbonyl (C=O) groups excluding carboxylic acids is 1. The summed E-state index contributed by atoms with van der Waals surface area (Å²) in [6, 6.07) is 0. The molecule has 1 aromatic rings. The Bertz CT molecular complexity index is 269. The van der Waals surface area contributed by atoms with Crippen molar-refractivity contribution in [1.29, 1.82) is 0 Å². The van der Waals surface area contributed by atoms with Gasteiger partial charge in [0.2, 0.25) is 0 Å². The summed E-state index contributed by atoms with van der Waals surface area (Å²) in [5, 5.41) is 2.51. The Morgan fingerprint density at radius 1 is 1.64 bits per heavy atom. The fourth-order valence-electron chi connectivity index (χ4n) is 1.42. The van der Waals surface area contributed by atoms with Crippen LogP contribution in [0.5, 0.6) is 0 Å². The maximum atomic E-state index is 11.6. The molecule has 14 heavy (non-hydrogen) atoms. The highest BCUT2D eigenvalue weighted by Crippen LogP contribution is 2.16. The van der Waals surface area contributed by atoms with Crippen LogP contribution in [0.1, 0.15) is 49.3 Å². The highest BCUT2D eigenvalue weighted by Gasteiger charge is 2.12. The van der Waals surface area contributed by atoms with Gasteiger partial charge in [-0.05, 0) is 5.92 Å². The van der Waals surface area contributed by atoms with E-state index in [1.54, 1.807) is 6.20 Å². The minimum atomic E-state index is 0.198. The molecule has 0 bridgehead atoms. The monoisotopic (exact) mass is 211 g/mol. The van der Waals surface area contributed by atoms with Crippen LogP contribution in [0.25, 0.3) is 0 Å². The molecule has 0 saturated heterocycles. The second-order valence-corrected chi connectivity index (χ2v) is 4.61. The molecule has 0 aliphatic carbocycles. The molecule has 2 nitrogen and oxygen atoms in total. The lowest BCUT2D eigenvalue weighted by Crippen LogP contribution is -2.05. The lowest BCUT2D eigenvalue weighted by Gasteiger charge is -2.07. The van der Waals surface area contributed by atoms with E-state index in [-0.39, 0.29) is 5.78 Å². The zero-order valence-corrected chi connectivity index (χ0v) is 9.64. The molecule has 0 spiro atoms. The van der Waals surface area contributed by atoms with Gasteiger partial charge in [-0.2, -0.15) is 0 Å². The van der Waals surface area contributed by atoms with Crippen LogP contribution in [-0.4, -0.2) is 10.8 Å². The normalized spacial score (nSPS) is 12.7. The third-order valence-corrected chi connectivity index (χ3v) is 3.07. The highest BCUT2D eigenvalue weighted by molar-refractivity contribution is 7.11. The maximum Gasteiger partial charge on any atom is 0.191 e. The van der Waals surface area contributed by atoms with E-state index in [0.29, 0.717) is 17.3 Å². The Morgan fingerprint density at radius 3 is 3.00 bits per heavy atom. The standard InChI is InChI=1S/C11H17NOS/c1-3-4-5-9(2)8-10(13)11-12-6-7-14-11/h6-7,9H,3-5,8H2,1-2H3. The van der Waals surface area contributed by atoms with Crippen molar-refractivity contribution in [2.24, 2.45) is 5.92 Å². The summed E-state index contributed by atoms with van der Waals surface area (Å²) >= 11 is 1.44. The highest BCUT2D eigenvalue weighted by atomic mass is 32.1. The first-order valence-corrected chi connectivity index (χ1v) is 6.04. The maximum absolute atomic E-state index is 11.6.